The van der Waals surface area contributed by atoms with Gasteiger partial charge in [-0.2, -0.15) is 0 Å². The molecule has 2 N–H and O–H groups in total. The van der Waals surface area contributed by atoms with Crippen molar-refractivity contribution in [1.29, 1.82) is 0 Å². The Kier molecular flexibility index (Phi) is 3.95. The summed E-state index contributed by atoms with van der Waals surface area (Å²) in [6.45, 7) is 2.79. The van der Waals surface area contributed by atoms with Gasteiger partial charge in [-0.15, -0.1) is 0 Å². The van der Waals surface area contributed by atoms with E-state index in [1.807, 2.05) is 25.1 Å². The summed E-state index contributed by atoms with van der Waals surface area (Å²) in [7, 11) is 1.59. The minimum atomic E-state index is -0.982. The molecule has 1 aliphatic heterocycles. The largest absolute Gasteiger partial charge is 0.497 e. The van der Waals surface area contributed by atoms with Crippen LogP contribution in [0, 0.1) is 5.92 Å². The Hall–Kier alpha value is -1.75. The average molecular weight is 265 g/mol. The topological polar surface area (TPSA) is 67.8 Å². The first kappa shape index (κ1) is 13.7. The molecule has 1 aromatic carbocycles. The maximum Gasteiger partial charge on any atom is 0.329 e. The molecule has 0 aromatic heterocycles. The number of methoxy groups -OCH3 is 1. The van der Waals surface area contributed by atoms with Gasteiger partial charge >= 0.3 is 5.97 Å². The van der Waals surface area contributed by atoms with Crippen molar-refractivity contribution < 1.29 is 19.4 Å². The lowest BCUT2D eigenvalue weighted by Crippen LogP contribution is -2.56. The number of carboxylic acid groups (broad SMARTS) is 1. The number of carboxylic acids is 1. The molecule has 0 amide bonds. The van der Waals surface area contributed by atoms with Crippen molar-refractivity contribution >= 4 is 11.7 Å². The van der Waals surface area contributed by atoms with Crippen LogP contribution in [0.15, 0.2) is 24.3 Å². The normalized spacial score (nSPS) is 26.7. The summed E-state index contributed by atoms with van der Waals surface area (Å²) in [6, 6.07) is 7.30. The second-order valence-corrected chi connectivity index (χ2v) is 4.86. The van der Waals surface area contributed by atoms with E-state index in [9.17, 15) is 9.90 Å². The lowest BCUT2D eigenvalue weighted by molar-refractivity contribution is -0.148. The third kappa shape index (κ3) is 2.66. The highest BCUT2D eigenvalue weighted by Gasteiger charge is 2.45. The van der Waals surface area contributed by atoms with E-state index in [1.165, 1.54) is 0 Å². The molecular formula is C14H19NO4. The van der Waals surface area contributed by atoms with Crippen LogP contribution in [-0.2, 0) is 9.53 Å². The van der Waals surface area contributed by atoms with E-state index in [1.54, 1.807) is 13.2 Å². The Morgan fingerprint density at radius 3 is 3.00 bits per heavy atom. The molecule has 0 bridgehead atoms. The molecule has 1 fully saturated rings. The number of nitrogens with one attached hydrogen (secondary N) is 1. The van der Waals surface area contributed by atoms with Crippen LogP contribution in [0.2, 0.25) is 0 Å². The van der Waals surface area contributed by atoms with E-state index >= 15 is 0 Å². The minimum Gasteiger partial charge on any atom is -0.497 e. The smallest absolute Gasteiger partial charge is 0.329 e. The second-order valence-electron chi connectivity index (χ2n) is 4.86. The van der Waals surface area contributed by atoms with E-state index in [4.69, 9.17) is 9.47 Å². The lowest BCUT2D eigenvalue weighted by atomic mass is 9.81. The summed E-state index contributed by atoms with van der Waals surface area (Å²) in [6.07, 6.45) is 0.445. The molecule has 1 heterocycles. The summed E-state index contributed by atoms with van der Waals surface area (Å²) in [4.78, 5) is 11.7. The number of carbonyl (C=O) groups is 1. The van der Waals surface area contributed by atoms with Crippen molar-refractivity contribution in [2.45, 2.75) is 18.9 Å². The predicted molar refractivity (Wildman–Crippen MR) is 71.6 cm³/mol. The van der Waals surface area contributed by atoms with Gasteiger partial charge < -0.3 is 19.9 Å². The molecule has 104 valence electrons. The standard InChI is InChI=1S/C14H19NO4/c1-10-9-19-7-6-14(10,13(16)17)15-11-4-3-5-12(8-11)18-2/h3-5,8,10,15H,6-7,9H2,1-2H3,(H,16,17). The Bertz CT molecular complexity index is 463. The monoisotopic (exact) mass is 265 g/mol. The van der Waals surface area contributed by atoms with E-state index in [0.29, 0.717) is 25.4 Å². The molecule has 0 radical (unpaired) electrons. The quantitative estimate of drug-likeness (QED) is 0.871. The van der Waals surface area contributed by atoms with Crippen LogP contribution >= 0.6 is 0 Å². The van der Waals surface area contributed by atoms with Gasteiger partial charge in [0.05, 0.1) is 13.7 Å². The zero-order chi connectivity index (χ0) is 13.9. The van der Waals surface area contributed by atoms with Crippen LogP contribution in [0.4, 0.5) is 5.69 Å². The molecule has 1 saturated heterocycles. The van der Waals surface area contributed by atoms with Crippen LogP contribution in [0.1, 0.15) is 13.3 Å². The fourth-order valence-electron chi connectivity index (χ4n) is 2.40. The highest BCUT2D eigenvalue weighted by molar-refractivity contribution is 5.83. The summed E-state index contributed by atoms with van der Waals surface area (Å²) in [5.41, 5.74) is -0.236. The van der Waals surface area contributed by atoms with Crippen LogP contribution < -0.4 is 10.1 Å². The SMILES string of the molecule is COc1cccc(NC2(C(=O)O)CCOCC2C)c1. The number of ether oxygens (including phenoxy) is 2. The molecule has 1 aromatic rings. The van der Waals surface area contributed by atoms with Gasteiger partial charge in [-0.25, -0.2) is 4.79 Å². The molecule has 0 spiro atoms. The molecule has 2 rings (SSSR count). The molecule has 2 unspecified atom stereocenters. The Morgan fingerprint density at radius 1 is 1.58 bits per heavy atom. The van der Waals surface area contributed by atoms with Gasteiger partial charge in [0.2, 0.25) is 0 Å². The van der Waals surface area contributed by atoms with E-state index in [2.05, 4.69) is 5.32 Å². The number of hydrogen-bond acceptors (Lipinski definition) is 4. The first-order chi connectivity index (χ1) is 9.08. The molecule has 0 aliphatic carbocycles. The zero-order valence-electron chi connectivity index (χ0n) is 11.2. The number of rotatable bonds is 4. The number of benzene rings is 1. The molecule has 5 nitrogen and oxygen atoms in total. The van der Waals surface area contributed by atoms with Gasteiger partial charge in [0.15, 0.2) is 0 Å². The minimum absolute atomic E-state index is 0.107. The zero-order valence-corrected chi connectivity index (χ0v) is 11.2. The maximum absolute atomic E-state index is 11.7. The van der Waals surface area contributed by atoms with E-state index < -0.39 is 11.5 Å². The van der Waals surface area contributed by atoms with Crippen LogP contribution in [0.25, 0.3) is 0 Å². The lowest BCUT2D eigenvalue weighted by Gasteiger charge is -2.40. The highest BCUT2D eigenvalue weighted by atomic mass is 16.5. The van der Waals surface area contributed by atoms with Crippen molar-refractivity contribution in [3.8, 4) is 5.75 Å². The van der Waals surface area contributed by atoms with Crippen molar-refractivity contribution in [2.24, 2.45) is 5.92 Å². The Balaban J connectivity index is 2.27. The summed E-state index contributed by atoms with van der Waals surface area (Å²) in [5.74, 6) is -0.249. The molecule has 2 atom stereocenters. The first-order valence-electron chi connectivity index (χ1n) is 6.32. The van der Waals surface area contributed by atoms with Gasteiger partial charge in [0.1, 0.15) is 11.3 Å². The highest BCUT2D eigenvalue weighted by Crippen LogP contribution is 2.32. The fourth-order valence-corrected chi connectivity index (χ4v) is 2.40. The van der Waals surface area contributed by atoms with Crippen LogP contribution in [0.3, 0.4) is 0 Å². The first-order valence-corrected chi connectivity index (χ1v) is 6.32. The molecule has 5 heteroatoms. The maximum atomic E-state index is 11.7. The summed E-state index contributed by atoms with van der Waals surface area (Å²) >= 11 is 0. The van der Waals surface area contributed by atoms with Crippen molar-refractivity contribution in [1.82, 2.24) is 0 Å². The van der Waals surface area contributed by atoms with Crippen molar-refractivity contribution in [3.63, 3.8) is 0 Å². The number of aliphatic carboxylic acids is 1. The van der Waals surface area contributed by atoms with E-state index in [0.717, 1.165) is 5.69 Å². The second kappa shape index (κ2) is 5.48. The third-order valence-electron chi connectivity index (χ3n) is 3.67. The average Bonchev–Trinajstić information content (AvgIpc) is 2.41. The predicted octanol–water partition coefficient (Wildman–Crippen LogP) is 1.99. The number of anilines is 1. The van der Waals surface area contributed by atoms with Gasteiger partial charge in [0, 0.05) is 30.7 Å². The van der Waals surface area contributed by atoms with E-state index in [-0.39, 0.29) is 5.92 Å². The van der Waals surface area contributed by atoms with Crippen LogP contribution in [-0.4, -0.2) is 36.9 Å². The van der Waals surface area contributed by atoms with Gasteiger partial charge in [0.25, 0.3) is 0 Å². The molecule has 0 saturated carbocycles. The van der Waals surface area contributed by atoms with Crippen LogP contribution in [0.5, 0.6) is 5.75 Å². The van der Waals surface area contributed by atoms with Gasteiger partial charge in [-0.1, -0.05) is 13.0 Å². The summed E-state index contributed by atoms with van der Waals surface area (Å²) in [5, 5.41) is 12.8. The van der Waals surface area contributed by atoms with Crippen molar-refractivity contribution in [3.05, 3.63) is 24.3 Å². The summed E-state index contributed by atoms with van der Waals surface area (Å²) < 4.78 is 10.5. The fraction of sp³-hybridized carbons (Fsp3) is 0.500. The Labute approximate surface area is 112 Å². The molecular weight excluding hydrogens is 246 g/mol. The van der Waals surface area contributed by atoms with Gasteiger partial charge in [-0.05, 0) is 12.1 Å². The Morgan fingerprint density at radius 2 is 2.37 bits per heavy atom. The number of hydrogen-bond donors (Lipinski definition) is 2. The third-order valence-corrected chi connectivity index (χ3v) is 3.67. The molecule has 1 aliphatic rings. The van der Waals surface area contributed by atoms with Crippen molar-refractivity contribution in [2.75, 3.05) is 25.6 Å². The van der Waals surface area contributed by atoms with Gasteiger partial charge in [-0.3, -0.25) is 0 Å². The molecule has 19 heavy (non-hydrogen) atoms.